The molecule has 28 heavy (non-hydrogen) atoms. The summed E-state index contributed by atoms with van der Waals surface area (Å²) in [6, 6.07) is 8.51. The molecular weight excluding hydrogens is 487 g/mol. The second-order valence-corrected chi connectivity index (χ2v) is 7.53. The number of benzene rings is 1. The zero-order valence-corrected chi connectivity index (χ0v) is 20.0. The quantitative estimate of drug-likeness (QED) is 0.350. The molecule has 9 heteroatoms. The predicted molar refractivity (Wildman–Crippen MR) is 129 cm³/mol. The molecule has 1 fully saturated rings. The van der Waals surface area contributed by atoms with Crippen molar-refractivity contribution in [1.82, 2.24) is 15.6 Å². The fourth-order valence-corrected chi connectivity index (χ4v) is 3.89. The summed E-state index contributed by atoms with van der Waals surface area (Å²) < 4.78 is 5.49. The van der Waals surface area contributed by atoms with Crippen molar-refractivity contribution < 1.29 is 4.74 Å². The van der Waals surface area contributed by atoms with Crippen LogP contribution >= 0.6 is 35.3 Å². The molecule has 2 N–H and O–H groups in total. The van der Waals surface area contributed by atoms with Crippen LogP contribution in [0.4, 0.5) is 10.8 Å². The average Bonchev–Trinajstić information content (AvgIpc) is 3.34. The van der Waals surface area contributed by atoms with Crippen LogP contribution in [0.1, 0.15) is 12.1 Å². The number of guanidine groups is 1. The Labute approximate surface area is 188 Å². The number of hydrogen-bond donors (Lipinski definition) is 2. The number of nitrogens with zero attached hydrogens (tertiary/aromatic N) is 4. The Morgan fingerprint density at radius 3 is 2.86 bits per heavy atom. The summed E-state index contributed by atoms with van der Waals surface area (Å²) in [6.07, 6.45) is 1.06. The van der Waals surface area contributed by atoms with E-state index in [2.05, 4.69) is 43.0 Å². The van der Waals surface area contributed by atoms with Crippen LogP contribution in [0.3, 0.4) is 0 Å². The second-order valence-electron chi connectivity index (χ2n) is 6.69. The molecule has 0 saturated carbocycles. The van der Waals surface area contributed by atoms with E-state index < -0.39 is 0 Å². The highest BCUT2D eigenvalue weighted by Crippen LogP contribution is 2.30. The molecule has 0 bridgehead atoms. The number of hydrogen-bond acceptors (Lipinski definition) is 6. The monoisotopic (exact) mass is 516 g/mol. The number of thiazole rings is 1. The van der Waals surface area contributed by atoms with Gasteiger partial charge in [0.25, 0.3) is 0 Å². The second kappa shape index (κ2) is 10.7. The maximum Gasteiger partial charge on any atom is 0.191 e. The fraction of sp³-hybridized carbons (Fsp3) is 0.474. The third-order valence-corrected chi connectivity index (χ3v) is 5.59. The largest absolute Gasteiger partial charge is 0.495 e. The van der Waals surface area contributed by atoms with E-state index in [0.29, 0.717) is 12.6 Å². The van der Waals surface area contributed by atoms with E-state index in [1.54, 1.807) is 25.5 Å². The Hall–Kier alpha value is -1.75. The highest BCUT2D eigenvalue weighted by molar-refractivity contribution is 14.0. The Kier molecular flexibility index (Phi) is 8.61. The number of rotatable bonds is 6. The van der Waals surface area contributed by atoms with Crippen LogP contribution in [-0.2, 0) is 6.54 Å². The van der Waals surface area contributed by atoms with Crippen molar-refractivity contribution in [3.05, 3.63) is 35.3 Å². The van der Waals surface area contributed by atoms with Crippen LogP contribution in [0.15, 0.2) is 34.6 Å². The lowest BCUT2D eigenvalue weighted by atomic mass is 10.2. The lowest BCUT2D eigenvalue weighted by Crippen LogP contribution is -2.44. The van der Waals surface area contributed by atoms with E-state index in [1.165, 1.54) is 0 Å². The molecule has 1 aliphatic heterocycles. The predicted octanol–water partition coefficient (Wildman–Crippen LogP) is 2.78. The molecule has 0 radical (unpaired) electrons. The molecule has 3 rings (SSSR count). The summed E-state index contributed by atoms with van der Waals surface area (Å²) in [5, 5.41) is 9.98. The zero-order valence-electron chi connectivity index (χ0n) is 16.8. The van der Waals surface area contributed by atoms with E-state index in [-0.39, 0.29) is 24.0 Å². The summed E-state index contributed by atoms with van der Waals surface area (Å²) in [5.74, 6) is 1.72. The van der Waals surface area contributed by atoms with Crippen LogP contribution in [-0.4, -0.2) is 58.3 Å². The van der Waals surface area contributed by atoms with E-state index in [4.69, 9.17) is 4.74 Å². The van der Waals surface area contributed by atoms with Gasteiger partial charge in [-0.1, -0.05) is 12.1 Å². The van der Waals surface area contributed by atoms with Gasteiger partial charge >= 0.3 is 0 Å². The van der Waals surface area contributed by atoms with Crippen molar-refractivity contribution in [2.45, 2.75) is 19.0 Å². The van der Waals surface area contributed by atoms with Crippen molar-refractivity contribution >= 4 is 52.1 Å². The molecule has 1 aromatic heterocycles. The number of methoxy groups -OCH3 is 1. The molecule has 7 nitrogen and oxygen atoms in total. The number of nitrogens with one attached hydrogen (secondary N) is 2. The fourth-order valence-electron chi connectivity index (χ4n) is 3.13. The zero-order chi connectivity index (χ0) is 19.2. The molecule has 1 saturated heterocycles. The van der Waals surface area contributed by atoms with Crippen LogP contribution < -0.4 is 25.2 Å². The van der Waals surface area contributed by atoms with Gasteiger partial charge in [-0.15, -0.1) is 35.3 Å². The van der Waals surface area contributed by atoms with Gasteiger partial charge < -0.3 is 25.2 Å². The molecule has 0 spiro atoms. The molecule has 154 valence electrons. The highest BCUT2D eigenvalue weighted by Gasteiger charge is 2.25. The summed E-state index contributed by atoms with van der Waals surface area (Å²) in [6.45, 7) is 2.57. The molecule has 0 amide bonds. The van der Waals surface area contributed by atoms with E-state index >= 15 is 0 Å². The van der Waals surface area contributed by atoms with Gasteiger partial charge in [-0.05, 0) is 18.6 Å². The van der Waals surface area contributed by atoms with E-state index in [0.717, 1.165) is 47.7 Å². The first-order valence-electron chi connectivity index (χ1n) is 9.07. The minimum Gasteiger partial charge on any atom is -0.495 e. The third-order valence-electron chi connectivity index (χ3n) is 4.54. The number of para-hydroxylation sites is 2. The maximum absolute atomic E-state index is 5.49. The van der Waals surface area contributed by atoms with Crippen molar-refractivity contribution in [3.63, 3.8) is 0 Å². The standard InChI is InChI=1S/C19H28N6OS.HI/c1-20-18(21-11-15-13-27-19(23-15)24(2)3)22-14-9-10-25(12-14)16-7-5-6-8-17(16)26-4;/h5-8,13-14H,9-12H2,1-4H3,(H2,20,21,22);1H. The Balaban J connectivity index is 0.00000280. The summed E-state index contributed by atoms with van der Waals surface area (Å²) >= 11 is 1.65. The van der Waals surface area contributed by atoms with Crippen molar-refractivity contribution in [3.8, 4) is 5.75 Å². The van der Waals surface area contributed by atoms with Gasteiger partial charge in [0.1, 0.15) is 5.75 Å². The Bertz CT molecular complexity index is 781. The topological polar surface area (TPSA) is 65.0 Å². The van der Waals surface area contributed by atoms with Crippen molar-refractivity contribution in [2.75, 3.05) is 51.1 Å². The van der Waals surface area contributed by atoms with Gasteiger partial charge in [0.05, 0.1) is 25.0 Å². The van der Waals surface area contributed by atoms with Gasteiger partial charge in [0.2, 0.25) is 0 Å². The Morgan fingerprint density at radius 1 is 1.39 bits per heavy atom. The number of halogens is 1. The number of aliphatic imine (C=N–C) groups is 1. The normalized spacial score (nSPS) is 16.5. The molecule has 1 unspecified atom stereocenters. The number of aromatic nitrogens is 1. The van der Waals surface area contributed by atoms with Crippen LogP contribution in [0.25, 0.3) is 0 Å². The summed E-state index contributed by atoms with van der Waals surface area (Å²) in [7, 11) is 7.53. The minimum atomic E-state index is 0. The maximum atomic E-state index is 5.49. The smallest absolute Gasteiger partial charge is 0.191 e. The lowest BCUT2D eigenvalue weighted by Gasteiger charge is -2.22. The molecule has 1 atom stereocenters. The van der Waals surface area contributed by atoms with Gasteiger partial charge in [-0.3, -0.25) is 4.99 Å². The first kappa shape index (κ1) is 22.5. The summed E-state index contributed by atoms with van der Waals surface area (Å²) in [5.41, 5.74) is 2.17. The Morgan fingerprint density at radius 2 is 2.18 bits per heavy atom. The van der Waals surface area contributed by atoms with Gasteiger partial charge in [-0.25, -0.2) is 4.98 Å². The molecular formula is C19H29IN6OS. The van der Waals surface area contributed by atoms with E-state index in [1.807, 2.05) is 31.1 Å². The van der Waals surface area contributed by atoms with Crippen molar-refractivity contribution in [1.29, 1.82) is 0 Å². The molecule has 1 aliphatic rings. The molecule has 2 aromatic rings. The SMILES string of the molecule is CN=C(NCc1csc(N(C)C)n1)NC1CCN(c2ccccc2OC)C1.I. The molecule has 0 aliphatic carbocycles. The third kappa shape index (κ3) is 5.63. The van der Waals surface area contributed by atoms with Gasteiger partial charge in [0.15, 0.2) is 11.1 Å². The first-order valence-corrected chi connectivity index (χ1v) is 9.95. The minimum absolute atomic E-state index is 0. The van der Waals surface area contributed by atoms with Crippen LogP contribution in [0, 0.1) is 0 Å². The summed E-state index contributed by atoms with van der Waals surface area (Å²) in [4.78, 5) is 13.3. The average molecular weight is 516 g/mol. The van der Waals surface area contributed by atoms with Gasteiger partial charge in [-0.2, -0.15) is 0 Å². The van der Waals surface area contributed by atoms with Crippen LogP contribution in [0.5, 0.6) is 5.75 Å². The molecule has 2 heterocycles. The van der Waals surface area contributed by atoms with E-state index in [9.17, 15) is 0 Å². The lowest BCUT2D eigenvalue weighted by molar-refractivity contribution is 0.415. The highest BCUT2D eigenvalue weighted by atomic mass is 127. The first-order chi connectivity index (χ1) is 13.1. The molecule has 1 aromatic carbocycles. The van der Waals surface area contributed by atoms with Crippen molar-refractivity contribution in [2.24, 2.45) is 4.99 Å². The van der Waals surface area contributed by atoms with Crippen LogP contribution in [0.2, 0.25) is 0 Å². The number of anilines is 2. The van der Waals surface area contributed by atoms with Gasteiger partial charge in [0, 0.05) is 45.7 Å². The number of ether oxygens (including phenoxy) is 1.